The van der Waals surface area contributed by atoms with Crippen LogP contribution in [0.15, 0.2) is 53.3 Å². The Labute approximate surface area is 176 Å². The van der Waals surface area contributed by atoms with Gasteiger partial charge in [-0.15, -0.1) is 0 Å². The van der Waals surface area contributed by atoms with Crippen LogP contribution in [0.1, 0.15) is 20.8 Å². The number of para-hydroxylation sites is 2. The van der Waals surface area contributed by atoms with Crippen LogP contribution >= 0.6 is 0 Å². The quantitative estimate of drug-likeness (QED) is 0.557. The number of carbonyl (C=O) groups is 1. The van der Waals surface area contributed by atoms with Gasteiger partial charge in [-0.25, -0.2) is 4.79 Å². The first-order chi connectivity index (χ1) is 14.6. The first-order valence-corrected chi connectivity index (χ1v) is 10.5. The highest BCUT2D eigenvalue weighted by atomic mass is 16.5. The maximum Gasteiger partial charge on any atom is 0.329 e. The van der Waals surface area contributed by atoms with E-state index < -0.39 is 0 Å². The normalized spacial score (nSPS) is 11.2. The van der Waals surface area contributed by atoms with E-state index in [0.717, 1.165) is 36.4 Å². The molecule has 0 aliphatic carbocycles. The molecular weight excluding hydrogens is 380 g/mol. The van der Waals surface area contributed by atoms with Gasteiger partial charge in [0, 0.05) is 18.8 Å². The molecule has 0 fully saturated rings. The fraction of sp³-hybridized carbons (Fsp3) is 0.391. The van der Waals surface area contributed by atoms with Gasteiger partial charge in [0.25, 0.3) is 0 Å². The second kappa shape index (κ2) is 10.1. The lowest BCUT2D eigenvalue weighted by Gasteiger charge is -2.18. The number of carbonyl (C=O) groups excluding carboxylic acids is 1. The fourth-order valence-electron chi connectivity index (χ4n) is 3.54. The van der Waals surface area contributed by atoms with Crippen LogP contribution < -0.4 is 15.7 Å². The number of likely N-dealkylation sites (N-methyl/N-ethyl adjacent to an activating group) is 1. The van der Waals surface area contributed by atoms with E-state index >= 15 is 0 Å². The van der Waals surface area contributed by atoms with Crippen LogP contribution in [-0.2, 0) is 17.9 Å². The average Bonchev–Trinajstić information content (AvgIpc) is 3.03. The lowest BCUT2D eigenvalue weighted by atomic mass is 10.3. The SMILES string of the molecule is CCN(CC)CCOc1ccc(NC(=O)Cn2c(=O)n(CC)c3ccccc32)cc1. The van der Waals surface area contributed by atoms with E-state index in [1.54, 1.807) is 4.57 Å². The van der Waals surface area contributed by atoms with Gasteiger partial charge in [0.1, 0.15) is 18.9 Å². The summed E-state index contributed by atoms with van der Waals surface area (Å²) in [5.41, 5.74) is 2.09. The molecule has 0 aliphatic rings. The number of aryl methyl sites for hydroxylation is 1. The minimum absolute atomic E-state index is 0.0333. The summed E-state index contributed by atoms with van der Waals surface area (Å²) < 4.78 is 8.96. The van der Waals surface area contributed by atoms with E-state index in [0.29, 0.717) is 18.8 Å². The summed E-state index contributed by atoms with van der Waals surface area (Å²) in [6, 6.07) is 14.8. The molecule has 160 valence electrons. The van der Waals surface area contributed by atoms with Crippen LogP contribution in [-0.4, -0.2) is 46.2 Å². The van der Waals surface area contributed by atoms with Gasteiger partial charge in [-0.1, -0.05) is 26.0 Å². The minimum Gasteiger partial charge on any atom is -0.492 e. The van der Waals surface area contributed by atoms with Gasteiger partial charge >= 0.3 is 5.69 Å². The fourth-order valence-corrected chi connectivity index (χ4v) is 3.54. The first kappa shape index (κ1) is 21.6. The van der Waals surface area contributed by atoms with E-state index in [-0.39, 0.29) is 18.1 Å². The molecule has 1 N–H and O–H groups in total. The number of hydrogen-bond acceptors (Lipinski definition) is 4. The second-order valence-corrected chi connectivity index (χ2v) is 7.05. The number of fused-ring (bicyclic) bond motifs is 1. The van der Waals surface area contributed by atoms with Crippen LogP contribution in [0.5, 0.6) is 5.75 Å². The molecule has 0 aliphatic heterocycles. The van der Waals surface area contributed by atoms with Crippen molar-refractivity contribution < 1.29 is 9.53 Å². The number of aromatic nitrogens is 2. The monoisotopic (exact) mass is 410 g/mol. The van der Waals surface area contributed by atoms with Crippen LogP contribution in [0.2, 0.25) is 0 Å². The molecule has 0 atom stereocenters. The number of nitrogens with one attached hydrogen (secondary N) is 1. The Balaban J connectivity index is 1.61. The third-order valence-corrected chi connectivity index (χ3v) is 5.25. The van der Waals surface area contributed by atoms with Gasteiger partial charge in [-0.2, -0.15) is 0 Å². The second-order valence-electron chi connectivity index (χ2n) is 7.05. The molecule has 0 radical (unpaired) electrons. The number of ether oxygens (including phenoxy) is 1. The molecule has 30 heavy (non-hydrogen) atoms. The summed E-state index contributed by atoms with van der Waals surface area (Å²) in [5.74, 6) is 0.522. The van der Waals surface area contributed by atoms with Gasteiger partial charge in [0.05, 0.1) is 11.0 Å². The first-order valence-electron chi connectivity index (χ1n) is 10.5. The van der Waals surface area contributed by atoms with Crippen molar-refractivity contribution >= 4 is 22.6 Å². The summed E-state index contributed by atoms with van der Waals surface area (Å²) >= 11 is 0. The molecule has 1 amide bonds. The third-order valence-electron chi connectivity index (χ3n) is 5.25. The molecule has 0 bridgehead atoms. The number of rotatable bonds is 10. The lowest BCUT2D eigenvalue weighted by Crippen LogP contribution is -2.29. The average molecular weight is 411 g/mol. The van der Waals surface area contributed by atoms with Crippen molar-refractivity contribution in [2.45, 2.75) is 33.9 Å². The summed E-state index contributed by atoms with van der Waals surface area (Å²) in [7, 11) is 0. The summed E-state index contributed by atoms with van der Waals surface area (Å²) in [4.78, 5) is 27.5. The van der Waals surface area contributed by atoms with Crippen LogP contribution in [0.4, 0.5) is 5.69 Å². The van der Waals surface area contributed by atoms with E-state index in [2.05, 4.69) is 24.1 Å². The number of amides is 1. The van der Waals surface area contributed by atoms with Crippen LogP contribution in [0, 0.1) is 0 Å². The highest BCUT2D eigenvalue weighted by Gasteiger charge is 2.14. The molecule has 3 aromatic rings. The van der Waals surface area contributed by atoms with Crippen molar-refractivity contribution in [1.82, 2.24) is 14.0 Å². The molecule has 0 saturated carbocycles. The van der Waals surface area contributed by atoms with Gasteiger partial charge in [0.2, 0.25) is 5.91 Å². The largest absolute Gasteiger partial charge is 0.492 e. The molecule has 7 nitrogen and oxygen atoms in total. The van der Waals surface area contributed by atoms with E-state index in [4.69, 9.17) is 4.74 Å². The van der Waals surface area contributed by atoms with E-state index in [1.165, 1.54) is 4.57 Å². The highest BCUT2D eigenvalue weighted by Crippen LogP contribution is 2.17. The van der Waals surface area contributed by atoms with Crippen molar-refractivity contribution in [3.8, 4) is 5.75 Å². The van der Waals surface area contributed by atoms with Crippen LogP contribution in [0.3, 0.4) is 0 Å². The van der Waals surface area contributed by atoms with E-state index in [9.17, 15) is 9.59 Å². The highest BCUT2D eigenvalue weighted by molar-refractivity contribution is 5.91. The third kappa shape index (κ3) is 4.91. The van der Waals surface area contributed by atoms with Gasteiger partial charge < -0.3 is 15.0 Å². The maximum absolute atomic E-state index is 12.7. The van der Waals surface area contributed by atoms with Crippen molar-refractivity contribution in [3.05, 3.63) is 59.0 Å². The van der Waals surface area contributed by atoms with Crippen molar-refractivity contribution in [2.75, 3.05) is 31.6 Å². The van der Waals surface area contributed by atoms with Crippen molar-refractivity contribution in [2.24, 2.45) is 0 Å². The predicted octanol–water partition coefficient (Wildman–Crippen LogP) is 3.18. The Morgan fingerprint density at radius 3 is 2.20 bits per heavy atom. The summed E-state index contributed by atoms with van der Waals surface area (Å²) in [6.45, 7) is 10.2. The van der Waals surface area contributed by atoms with Gasteiger partial charge in [-0.05, 0) is 56.4 Å². The summed E-state index contributed by atoms with van der Waals surface area (Å²) in [5, 5.41) is 2.86. The number of hydrogen-bond donors (Lipinski definition) is 1. The molecular formula is C23H30N4O3. The number of imidazole rings is 1. The van der Waals surface area contributed by atoms with Crippen molar-refractivity contribution in [1.29, 1.82) is 0 Å². The predicted molar refractivity (Wildman–Crippen MR) is 120 cm³/mol. The standard InChI is InChI=1S/C23H30N4O3/c1-4-25(5-2)15-16-30-19-13-11-18(12-14-19)24-22(28)17-27-21-10-8-7-9-20(21)26(6-3)23(27)29/h7-14H,4-6,15-17H2,1-3H3,(H,24,28). The minimum atomic E-state index is -0.244. The molecule has 1 aromatic heterocycles. The van der Waals surface area contributed by atoms with Crippen molar-refractivity contribution in [3.63, 3.8) is 0 Å². The molecule has 0 spiro atoms. The smallest absolute Gasteiger partial charge is 0.329 e. The number of benzene rings is 2. The molecule has 0 unspecified atom stereocenters. The molecule has 3 rings (SSSR count). The molecule has 7 heteroatoms. The zero-order chi connectivity index (χ0) is 21.5. The Morgan fingerprint density at radius 2 is 1.60 bits per heavy atom. The Bertz CT molecular complexity index is 1030. The molecule has 0 saturated heterocycles. The Kier molecular flexibility index (Phi) is 7.30. The molecule has 1 heterocycles. The number of anilines is 1. The topological polar surface area (TPSA) is 68.5 Å². The zero-order valence-corrected chi connectivity index (χ0v) is 17.9. The van der Waals surface area contributed by atoms with Gasteiger partial charge in [0.15, 0.2) is 0 Å². The Hall–Kier alpha value is -3.06. The van der Waals surface area contributed by atoms with Crippen LogP contribution in [0.25, 0.3) is 11.0 Å². The van der Waals surface area contributed by atoms with Gasteiger partial charge in [-0.3, -0.25) is 13.9 Å². The van der Waals surface area contributed by atoms with E-state index in [1.807, 2.05) is 55.5 Å². The number of nitrogens with zero attached hydrogens (tertiary/aromatic N) is 3. The maximum atomic E-state index is 12.7. The lowest BCUT2D eigenvalue weighted by molar-refractivity contribution is -0.116. The summed E-state index contributed by atoms with van der Waals surface area (Å²) in [6.07, 6.45) is 0. The molecule has 2 aromatic carbocycles. The zero-order valence-electron chi connectivity index (χ0n) is 17.9. The Morgan fingerprint density at radius 1 is 0.967 bits per heavy atom.